The summed E-state index contributed by atoms with van der Waals surface area (Å²) in [6.07, 6.45) is -3.63. The number of hydrogen-bond donors (Lipinski definition) is 5. The molecular weight excluding hydrogens is 320 g/mol. The van der Waals surface area contributed by atoms with E-state index in [0.717, 1.165) is 4.57 Å². The van der Waals surface area contributed by atoms with E-state index in [1.165, 1.54) is 12.3 Å². The Morgan fingerprint density at radius 2 is 2.12 bits per heavy atom. The van der Waals surface area contributed by atoms with E-state index in [4.69, 9.17) is 15.6 Å². The van der Waals surface area contributed by atoms with Gasteiger partial charge in [-0.3, -0.25) is 9.36 Å². The number of nitrogens with two attached hydrogens (primary N) is 1. The summed E-state index contributed by atoms with van der Waals surface area (Å²) in [5, 5.41) is 31.2. The lowest BCUT2D eigenvalue weighted by Gasteiger charge is -2.18. The van der Waals surface area contributed by atoms with Crippen LogP contribution >= 0.6 is 0 Å². The minimum Gasteiger partial charge on any atom is -0.394 e. The molecule has 10 heteroatoms. The van der Waals surface area contributed by atoms with E-state index in [1.54, 1.807) is 13.8 Å². The van der Waals surface area contributed by atoms with E-state index in [0.29, 0.717) is 0 Å². The number of rotatable bonds is 5. The fraction of sp³-hybridized carbons (Fsp3) is 0.643. The largest absolute Gasteiger partial charge is 0.394 e. The Kier molecular flexibility index (Phi) is 5.67. The lowest BCUT2D eigenvalue weighted by molar-refractivity contribution is -0.118. The quantitative estimate of drug-likeness (QED) is 0.402. The van der Waals surface area contributed by atoms with Crippen molar-refractivity contribution in [2.75, 3.05) is 11.9 Å². The SMILES string of the molecule is CC(C)[C@H](N)C(=O)Nc1ccn([C@@H]2O[C@H](CO)[C@@H](O)[C@@H]2O)c(=O)n1. The highest BCUT2D eigenvalue weighted by Crippen LogP contribution is 2.28. The lowest BCUT2D eigenvalue weighted by atomic mass is 10.1. The summed E-state index contributed by atoms with van der Waals surface area (Å²) < 4.78 is 6.23. The first-order valence-corrected chi connectivity index (χ1v) is 7.54. The molecule has 2 heterocycles. The van der Waals surface area contributed by atoms with E-state index in [1.807, 2.05) is 0 Å². The van der Waals surface area contributed by atoms with Crippen LogP contribution in [0.15, 0.2) is 17.1 Å². The van der Waals surface area contributed by atoms with Gasteiger partial charge in [0.1, 0.15) is 24.1 Å². The minimum atomic E-state index is -1.39. The first kappa shape index (κ1) is 18.5. The van der Waals surface area contributed by atoms with Crippen LogP contribution in [0.1, 0.15) is 20.1 Å². The molecule has 2 rings (SSSR count). The zero-order valence-electron chi connectivity index (χ0n) is 13.4. The van der Waals surface area contributed by atoms with Gasteiger partial charge >= 0.3 is 5.69 Å². The van der Waals surface area contributed by atoms with Gasteiger partial charge in [-0.15, -0.1) is 0 Å². The van der Waals surface area contributed by atoms with Crippen molar-refractivity contribution in [3.8, 4) is 0 Å². The van der Waals surface area contributed by atoms with Crippen LogP contribution in [0.4, 0.5) is 5.82 Å². The van der Waals surface area contributed by atoms with Crippen LogP contribution in [0, 0.1) is 5.92 Å². The average molecular weight is 342 g/mol. The van der Waals surface area contributed by atoms with Gasteiger partial charge in [-0.2, -0.15) is 4.98 Å². The predicted molar refractivity (Wildman–Crippen MR) is 82.9 cm³/mol. The number of nitrogens with zero attached hydrogens (tertiary/aromatic N) is 2. The van der Waals surface area contributed by atoms with Crippen molar-refractivity contribution in [2.24, 2.45) is 11.7 Å². The first-order valence-electron chi connectivity index (χ1n) is 7.54. The molecule has 1 aromatic heterocycles. The van der Waals surface area contributed by atoms with Gasteiger partial charge in [-0.25, -0.2) is 4.79 Å². The smallest absolute Gasteiger partial charge is 0.351 e. The van der Waals surface area contributed by atoms with Gasteiger partial charge in [-0.05, 0) is 12.0 Å². The summed E-state index contributed by atoms with van der Waals surface area (Å²) in [4.78, 5) is 27.7. The maximum Gasteiger partial charge on any atom is 0.351 e. The molecule has 1 aromatic rings. The zero-order valence-corrected chi connectivity index (χ0v) is 13.4. The lowest BCUT2D eigenvalue weighted by Crippen LogP contribution is -2.40. The Labute approximate surface area is 137 Å². The van der Waals surface area contributed by atoms with Crippen molar-refractivity contribution >= 4 is 11.7 Å². The number of aromatic nitrogens is 2. The maximum absolute atomic E-state index is 12.1. The van der Waals surface area contributed by atoms with Crippen LogP contribution in [0.25, 0.3) is 0 Å². The van der Waals surface area contributed by atoms with E-state index >= 15 is 0 Å². The monoisotopic (exact) mass is 342 g/mol. The second kappa shape index (κ2) is 7.36. The van der Waals surface area contributed by atoms with Crippen LogP contribution in [0.3, 0.4) is 0 Å². The molecule has 0 saturated carbocycles. The second-order valence-corrected chi connectivity index (χ2v) is 5.99. The molecule has 1 aliphatic rings. The summed E-state index contributed by atoms with van der Waals surface area (Å²) in [5.41, 5.74) is 4.92. The molecule has 0 aliphatic carbocycles. The van der Waals surface area contributed by atoms with E-state index in [2.05, 4.69) is 10.3 Å². The number of aliphatic hydroxyl groups excluding tert-OH is 3. The van der Waals surface area contributed by atoms with Gasteiger partial charge in [0.05, 0.1) is 12.6 Å². The fourth-order valence-corrected chi connectivity index (χ4v) is 2.30. The number of carbonyl (C=O) groups is 1. The molecule has 0 unspecified atom stereocenters. The van der Waals surface area contributed by atoms with Crippen LogP contribution < -0.4 is 16.7 Å². The molecule has 5 atom stereocenters. The van der Waals surface area contributed by atoms with Crippen LogP contribution in [0.2, 0.25) is 0 Å². The third-order valence-electron chi connectivity index (χ3n) is 3.89. The van der Waals surface area contributed by atoms with Crippen molar-refractivity contribution in [1.82, 2.24) is 9.55 Å². The molecule has 1 amide bonds. The Balaban J connectivity index is 2.16. The Bertz CT molecular complexity index is 648. The number of ether oxygens (including phenoxy) is 1. The highest BCUT2D eigenvalue weighted by Gasteiger charge is 2.43. The summed E-state index contributed by atoms with van der Waals surface area (Å²) in [6, 6.07) is 0.607. The van der Waals surface area contributed by atoms with Gasteiger partial charge in [0.2, 0.25) is 5.91 Å². The molecule has 0 aromatic carbocycles. The van der Waals surface area contributed by atoms with Gasteiger partial charge in [0.15, 0.2) is 6.23 Å². The summed E-state index contributed by atoms with van der Waals surface area (Å²) in [6.45, 7) is 3.08. The highest BCUT2D eigenvalue weighted by atomic mass is 16.6. The molecule has 1 fully saturated rings. The van der Waals surface area contributed by atoms with Gasteiger partial charge in [0.25, 0.3) is 0 Å². The fourth-order valence-electron chi connectivity index (χ4n) is 2.30. The molecule has 10 nitrogen and oxygen atoms in total. The molecule has 0 spiro atoms. The highest BCUT2D eigenvalue weighted by molar-refractivity contribution is 5.93. The predicted octanol–water partition coefficient (Wildman–Crippen LogP) is -2.22. The third kappa shape index (κ3) is 3.62. The number of amides is 1. The number of anilines is 1. The molecule has 1 aliphatic heterocycles. The topological polar surface area (TPSA) is 160 Å². The number of hydrogen-bond acceptors (Lipinski definition) is 8. The Morgan fingerprint density at radius 3 is 2.62 bits per heavy atom. The molecule has 24 heavy (non-hydrogen) atoms. The first-order chi connectivity index (χ1) is 11.3. The Hall–Kier alpha value is -1.85. The van der Waals surface area contributed by atoms with E-state index in [9.17, 15) is 19.8 Å². The van der Waals surface area contributed by atoms with Gasteiger partial charge in [0, 0.05) is 6.20 Å². The number of aliphatic hydroxyl groups is 3. The zero-order chi connectivity index (χ0) is 18.0. The van der Waals surface area contributed by atoms with Crippen molar-refractivity contribution in [1.29, 1.82) is 0 Å². The molecule has 1 saturated heterocycles. The Morgan fingerprint density at radius 1 is 1.46 bits per heavy atom. The van der Waals surface area contributed by atoms with Crippen molar-refractivity contribution in [2.45, 2.75) is 44.4 Å². The summed E-state index contributed by atoms with van der Waals surface area (Å²) in [7, 11) is 0. The summed E-state index contributed by atoms with van der Waals surface area (Å²) in [5.74, 6) is -0.532. The van der Waals surface area contributed by atoms with E-state index in [-0.39, 0.29) is 11.7 Å². The summed E-state index contributed by atoms with van der Waals surface area (Å²) >= 11 is 0. The second-order valence-electron chi connectivity index (χ2n) is 5.99. The van der Waals surface area contributed by atoms with Crippen molar-refractivity contribution < 1.29 is 24.9 Å². The van der Waals surface area contributed by atoms with Gasteiger partial charge in [-0.1, -0.05) is 13.8 Å². The van der Waals surface area contributed by atoms with Crippen molar-refractivity contribution in [3.63, 3.8) is 0 Å². The number of nitrogens with one attached hydrogen (secondary N) is 1. The standard InChI is InChI=1S/C14H22N4O6/c1-6(2)9(15)12(22)16-8-3-4-18(14(23)17-8)13-11(21)10(20)7(5-19)24-13/h3-4,6-7,9-11,13,19-21H,5,15H2,1-2H3,(H,16,17,22,23)/t7-,9+,10-,11+,13-/m1/s1. The van der Waals surface area contributed by atoms with Crippen LogP contribution in [-0.4, -0.2) is 61.7 Å². The minimum absolute atomic E-state index is 0.0177. The molecule has 0 radical (unpaired) electrons. The normalized spacial score (nSPS) is 28.1. The van der Waals surface area contributed by atoms with Gasteiger partial charge < -0.3 is 31.1 Å². The molecular formula is C14H22N4O6. The average Bonchev–Trinajstić information content (AvgIpc) is 2.82. The third-order valence-corrected chi connectivity index (χ3v) is 3.89. The van der Waals surface area contributed by atoms with Crippen LogP contribution in [0.5, 0.6) is 0 Å². The molecule has 0 bridgehead atoms. The van der Waals surface area contributed by atoms with E-state index < -0.39 is 48.8 Å². The van der Waals surface area contributed by atoms with Crippen LogP contribution in [-0.2, 0) is 9.53 Å². The maximum atomic E-state index is 12.1. The number of carbonyl (C=O) groups excluding carboxylic acids is 1. The molecule has 6 N–H and O–H groups in total. The van der Waals surface area contributed by atoms with Crippen molar-refractivity contribution in [3.05, 3.63) is 22.7 Å². The molecule has 134 valence electrons.